The minimum Gasteiger partial charge on any atom is -0.497 e. The second-order valence-electron chi connectivity index (χ2n) is 7.06. The number of rotatable bonds is 3. The van der Waals surface area contributed by atoms with Crippen molar-refractivity contribution in [2.75, 3.05) is 31.6 Å². The molecular weight excluding hydrogens is 312 g/mol. The van der Waals surface area contributed by atoms with Crippen molar-refractivity contribution in [1.29, 1.82) is 0 Å². The lowest BCUT2D eigenvalue weighted by Gasteiger charge is -2.25. The van der Waals surface area contributed by atoms with Gasteiger partial charge in [0.2, 0.25) is 0 Å². The maximum Gasteiger partial charge on any atom is 0.119 e. The van der Waals surface area contributed by atoms with Crippen LogP contribution in [-0.2, 0) is 6.42 Å². The summed E-state index contributed by atoms with van der Waals surface area (Å²) in [7, 11) is 1.66. The van der Waals surface area contributed by atoms with Gasteiger partial charge in [0, 0.05) is 24.8 Å². The van der Waals surface area contributed by atoms with E-state index in [2.05, 4.69) is 34.5 Å². The summed E-state index contributed by atoms with van der Waals surface area (Å²) in [5.41, 5.74) is 5.96. The van der Waals surface area contributed by atoms with Crippen LogP contribution in [-0.4, -0.2) is 37.9 Å². The lowest BCUT2D eigenvalue weighted by Crippen LogP contribution is -2.32. The summed E-state index contributed by atoms with van der Waals surface area (Å²) in [6.45, 7) is 5.02. The summed E-state index contributed by atoms with van der Waals surface area (Å²) in [6, 6.07) is 13.3. The summed E-state index contributed by atoms with van der Waals surface area (Å²) in [5.74, 6) is 0.777. The molecule has 4 heteroatoms. The molecule has 2 atom stereocenters. The number of nitrogens with one attached hydrogen (secondary N) is 1. The van der Waals surface area contributed by atoms with Gasteiger partial charge in [0.15, 0.2) is 0 Å². The highest BCUT2D eigenvalue weighted by molar-refractivity contribution is 5.75. The van der Waals surface area contributed by atoms with Crippen LogP contribution in [0.25, 0.3) is 11.1 Å². The number of fused-ring (bicyclic) bond motifs is 3. The van der Waals surface area contributed by atoms with Gasteiger partial charge in [0.1, 0.15) is 5.75 Å². The zero-order valence-corrected chi connectivity index (χ0v) is 15.0. The Balaban J connectivity index is 1.75. The average molecular weight is 338 g/mol. The average Bonchev–Trinajstić information content (AvgIpc) is 2.81. The number of nitrogens with zero attached hydrogens (tertiary/aromatic N) is 1. The number of methoxy groups -OCH3 is 1. The lowest BCUT2D eigenvalue weighted by atomic mass is 9.95. The van der Waals surface area contributed by atoms with Crippen molar-refractivity contribution in [3.05, 3.63) is 47.5 Å². The van der Waals surface area contributed by atoms with Gasteiger partial charge in [-0.15, -0.1) is 0 Å². The van der Waals surface area contributed by atoms with Crippen LogP contribution >= 0.6 is 0 Å². The third-order valence-corrected chi connectivity index (χ3v) is 5.49. The van der Waals surface area contributed by atoms with Gasteiger partial charge < -0.3 is 20.1 Å². The van der Waals surface area contributed by atoms with E-state index >= 15 is 0 Å². The zero-order valence-electron chi connectivity index (χ0n) is 15.0. The summed E-state index contributed by atoms with van der Waals surface area (Å²) >= 11 is 0. The van der Waals surface area contributed by atoms with Gasteiger partial charge in [-0.3, -0.25) is 0 Å². The molecular formula is C21H26N2O2. The van der Waals surface area contributed by atoms with Gasteiger partial charge in [-0.05, 0) is 66.8 Å². The number of anilines is 1. The Kier molecular flexibility index (Phi) is 4.40. The molecule has 0 saturated carbocycles. The highest BCUT2D eigenvalue weighted by Gasteiger charge is 2.30. The summed E-state index contributed by atoms with van der Waals surface area (Å²) in [5, 5.41) is 13.7. The molecule has 0 aromatic heterocycles. The van der Waals surface area contributed by atoms with Crippen molar-refractivity contribution >= 4 is 5.69 Å². The van der Waals surface area contributed by atoms with E-state index in [1.54, 1.807) is 7.11 Å². The molecule has 0 aliphatic carbocycles. The molecule has 2 N–H and O–H groups in total. The van der Waals surface area contributed by atoms with Gasteiger partial charge in [0.25, 0.3) is 0 Å². The summed E-state index contributed by atoms with van der Waals surface area (Å²) < 4.78 is 5.33. The molecule has 2 aromatic rings. The van der Waals surface area contributed by atoms with Crippen molar-refractivity contribution in [3.8, 4) is 16.9 Å². The number of benzene rings is 2. The molecule has 1 saturated heterocycles. The Morgan fingerprint density at radius 2 is 2.08 bits per heavy atom. The van der Waals surface area contributed by atoms with Crippen molar-refractivity contribution in [3.63, 3.8) is 0 Å². The molecule has 25 heavy (non-hydrogen) atoms. The van der Waals surface area contributed by atoms with E-state index in [1.807, 2.05) is 19.1 Å². The van der Waals surface area contributed by atoms with Crippen molar-refractivity contribution in [1.82, 2.24) is 5.32 Å². The molecule has 2 aromatic carbocycles. The van der Waals surface area contributed by atoms with Gasteiger partial charge in [0.05, 0.1) is 13.2 Å². The largest absolute Gasteiger partial charge is 0.497 e. The molecule has 4 rings (SSSR count). The van der Waals surface area contributed by atoms with E-state index in [-0.39, 0.29) is 0 Å². The van der Waals surface area contributed by atoms with E-state index in [4.69, 9.17) is 4.74 Å². The van der Waals surface area contributed by atoms with E-state index in [1.165, 1.54) is 17.7 Å². The van der Waals surface area contributed by atoms with Gasteiger partial charge in [-0.25, -0.2) is 0 Å². The van der Waals surface area contributed by atoms with Crippen LogP contribution in [0, 0.1) is 0 Å². The summed E-state index contributed by atoms with van der Waals surface area (Å²) in [6.07, 6.45) is 1.81. The maximum absolute atomic E-state index is 10.2. The topological polar surface area (TPSA) is 44.7 Å². The number of hydrogen-bond donors (Lipinski definition) is 2. The molecule has 2 aliphatic heterocycles. The fourth-order valence-corrected chi connectivity index (χ4v) is 4.16. The minimum absolute atomic E-state index is 0.534. The number of aliphatic hydroxyl groups excluding tert-OH is 1. The van der Waals surface area contributed by atoms with Crippen molar-refractivity contribution in [2.45, 2.75) is 31.9 Å². The lowest BCUT2D eigenvalue weighted by molar-refractivity contribution is 0.199. The van der Waals surface area contributed by atoms with Crippen LogP contribution in [0.4, 0.5) is 5.69 Å². The molecule has 1 fully saturated rings. The Morgan fingerprint density at radius 3 is 2.88 bits per heavy atom. The zero-order chi connectivity index (χ0) is 17.4. The molecule has 0 radical (unpaired) electrons. The van der Waals surface area contributed by atoms with Crippen LogP contribution in [0.15, 0.2) is 36.4 Å². The SMILES string of the molecule is COc1ccc(-c2ccc3c(c2)N2CCNCCC2C3)c(C(C)O)c1. The van der Waals surface area contributed by atoms with E-state index in [0.29, 0.717) is 6.04 Å². The standard InChI is InChI=1S/C21H26N2O2/c1-14(24)20-13-18(25-2)5-6-19(20)15-3-4-16-11-17-7-8-22-9-10-23(17)21(16)12-15/h3-6,12-14,17,22,24H,7-11H2,1-2H3. The molecule has 0 spiro atoms. The van der Waals surface area contributed by atoms with Crippen LogP contribution in [0.3, 0.4) is 0 Å². The Hall–Kier alpha value is -2.04. The fourth-order valence-electron chi connectivity index (χ4n) is 4.16. The first kappa shape index (κ1) is 16.4. The monoisotopic (exact) mass is 338 g/mol. The fraction of sp³-hybridized carbons (Fsp3) is 0.429. The Bertz CT molecular complexity index is 772. The highest BCUT2D eigenvalue weighted by Crippen LogP contribution is 2.39. The van der Waals surface area contributed by atoms with Gasteiger partial charge in [-0.1, -0.05) is 18.2 Å². The first-order chi connectivity index (χ1) is 12.2. The third kappa shape index (κ3) is 3.00. The highest BCUT2D eigenvalue weighted by atomic mass is 16.5. The molecule has 132 valence electrons. The Morgan fingerprint density at radius 1 is 1.20 bits per heavy atom. The van der Waals surface area contributed by atoms with Crippen LogP contribution in [0.5, 0.6) is 5.75 Å². The number of hydrogen-bond acceptors (Lipinski definition) is 4. The van der Waals surface area contributed by atoms with E-state index in [9.17, 15) is 5.11 Å². The van der Waals surface area contributed by atoms with Crippen LogP contribution < -0.4 is 15.0 Å². The maximum atomic E-state index is 10.2. The smallest absolute Gasteiger partial charge is 0.119 e. The molecule has 0 bridgehead atoms. The van der Waals surface area contributed by atoms with Crippen LogP contribution in [0.2, 0.25) is 0 Å². The molecule has 2 heterocycles. The normalized spacial score (nSPS) is 20.6. The first-order valence-electron chi connectivity index (χ1n) is 9.14. The Labute approximate surface area is 149 Å². The predicted molar refractivity (Wildman–Crippen MR) is 101 cm³/mol. The van der Waals surface area contributed by atoms with Crippen molar-refractivity contribution in [2.24, 2.45) is 0 Å². The second kappa shape index (κ2) is 6.70. The predicted octanol–water partition coefficient (Wildman–Crippen LogP) is 3.14. The first-order valence-corrected chi connectivity index (χ1v) is 9.14. The molecule has 2 unspecified atom stereocenters. The molecule has 2 aliphatic rings. The minimum atomic E-state index is -0.534. The molecule has 4 nitrogen and oxygen atoms in total. The van der Waals surface area contributed by atoms with E-state index in [0.717, 1.165) is 48.5 Å². The van der Waals surface area contributed by atoms with E-state index < -0.39 is 6.10 Å². The second-order valence-corrected chi connectivity index (χ2v) is 7.06. The third-order valence-electron chi connectivity index (χ3n) is 5.49. The number of ether oxygens (including phenoxy) is 1. The number of aliphatic hydroxyl groups is 1. The molecule has 0 amide bonds. The van der Waals surface area contributed by atoms with Gasteiger partial charge in [-0.2, -0.15) is 0 Å². The van der Waals surface area contributed by atoms with Crippen LogP contribution in [0.1, 0.15) is 30.6 Å². The quantitative estimate of drug-likeness (QED) is 0.902. The van der Waals surface area contributed by atoms with Crippen molar-refractivity contribution < 1.29 is 9.84 Å². The summed E-state index contributed by atoms with van der Waals surface area (Å²) in [4.78, 5) is 2.56. The van der Waals surface area contributed by atoms with Gasteiger partial charge >= 0.3 is 0 Å².